The summed E-state index contributed by atoms with van der Waals surface area (Å²) in [6, 6.07) is -1.07. The number of rotatable bonds is 5. The summed E-state index contributed by atoms with van der Waals surface area (Å²) in [7, 11) is -3.93. The Morgan fingerprint density at radius 3 is 2.70 bits per heavy atom. The van der Waals surface area contributed by atoms with Crippen molar-refractivity contribution in [2.45, 2.75) is 32.2 Å². The molecule has 1 aliphatic heterocycles. The van der Waals surface area contributed by atoms with E-state index in [1.807, 2.05) is 0 Å². The van der Waals surface area contributed by atoms with E-state index in [9.17, 15) is 17.6 Å². The second-order valence-electron chi connectivity index (χ2n) is 4.39. The first kappa shape index (κ1) is 16.6. The molecule has 0 radical (unpaired) electrons. The van der Waals surface area contributed by atoms with Crippen LogP contribution in [0.2, 0.25) is 0 Å². The first-order valence-corrected chi connectivity index (χ1v) is 7.80. The van der Waals surface area contributed by atoms with Gasteiger partial charge in [0.1, 0.15) is 11.9 Å². The van der Waals surface area contributed by atoms with Gasteiger partial charge in [-0.3, -0.25) is 4.79 Å². The number of carbonyl (C=O) groups is 1. The summed E-state index contributed by atoms with van der Waals surface area (Å²) in [6.45, 7) is 1.85. The number of aliphatic carboxylic acids is 1. The minimum absolute atomic E-state index is 0.143. The van der Waals surface area contributed by atoms with Crippen LogP contribution >= 0.6 is 0 Å². The Bertz CT molecular complexity index is 537. The lowest BCUT2D eigenvalue weighted by atomic mass is 10.1. The number of nitrogens with zero attached hydrogens (tertiary/aromatic N) is 1. The molecule has 1 atom stereocenters. The molecule has 1 heterocycles. The van der Waals surface area contributed by atoms with E-state index in [0.717, 1.165) is 16.5 Å². The van der Waals surface area contributed by atoms with Crippen molar-refractivity contribution in [1.29, 1.82) is 0 Å². The van der Waals surface area contributed by atoms with Gasteiger partial charge in [-0.2, -0.15) is 4.31 Å². The highest BCUT2D eigenvalue weighted by Gasteiger charge is 2.35. The summed E-state index contributed by atoms with van der Waals surface area (Å²) < 4.78 is 38.3. The molecule has 1 fully saturated rings. The molecule has 0 aromatic rings. The zero-order valence-corrected chi connectivity index (χ0v) is 12.0. The molecule has 1 rings (SSSR count). The van der Waals surface area contributed by atoms with Crippen LogP contribution in [0.5, 0.6) is 0 Å². The van der Waals surface area contributed by atoms with Gasteiger partial charge in [0.15, 0.2) is 0 Å². The fourth-order valence-corrected chi connectivity index (χ4v) is 3.32. The van der Waals surface area contributed by atoms with Crippen molar-refractivity contribution in [1.82, 2.24) is 4.31 Å². The van der Waals surface area contributed by atoms with Gasteiger partial charge in [-0.1, -0.05) is 12.2 Å². The van der Waals surface area contributed by atoms with Gasteiger partial charge in [-0.15, -0.1) is 0 Å². The quantitative estimate of drug-likeness (QED) is 0.790. The molecule has 0 aromatic heterocycles. The van der Waals surface area contributed by atoms with E-state index >= 15 is 0 Å². The fraction of sp³-hybridized carbons (Fsp3) is 0.462. The molecule has 7 heteroatoms. The van der Waals surface area contributed by atoms with Crippen LogP contribution in [0.3, 0.4) is 0 Å². The zero-order chi connectivity index (χ0) is 15.2. The van der Waals surface area contributed by atoms with Crippen LogP contribution in [-0.4, -0.2) is 36.4 Å². The number of carboxylic acids is 1. The van der Waals surface area contributed by atoms with E-state index < -0.39 is 27.9 Å². The van der Waals surface area contributed by atoms with Crippen molar-refractivity contribution in [2.75, 3.05) is 6.54 Å². The third-order valence-corrected chi connectivity index (χ3v) is 4.48. The third-order valence-electron chi connectivity index (χ3n) is 2.91. The topological polar surface area (TPSA) is 74.7 Å². The number of sulfonamides is 1. The van der Waals surface area contributed by atoms with Crippen molar-refractivity contribution in [3.8, 4) is 0 Å². The minimum atomic E-state index is -3.93. The Hall–Kier alpha value is -1.47. The lowest BCUT2D eigenvalue weighted by molar-refractivity contribution is -0.142. The SMILES string of the molecule is C\C=C/C=C(F)\C=C\S(=O)(=O)N1CCCCC1C(=O)O. The molecule has 5 nitrogen and oxygen atoms in total. The predicted octanol–water partition coefficient (Wildman–Crippen LogP) is 2.20. The molecule has 1 aliphatic rings. The Balaban J connectivity index is 2.91. The molecule has 112 valence electrons. The normalized spacial score (nSPS) is 22.7. The number of carboxylic acid groups (broad SMARTS) is 1. The van der Waals surface area contributed by atoms with Crippen molar-refractivity contribution >= 4 is 16.0 Å². The molecule has 1 unspecified atom stereocenters. The van der Waals surface area contributed by atoms with Crippen molar-refractivity contribution in [3.05, 3.63) is 35.5 Å². The number of hydrogen-bond donors (Lipinski definition) is 1. The maximum atomic E-state index is 13.3. The molecular weight excluding hydrogens is 285 g/mol. The van der Waals surface area contributed by atoms with Crippen LogP contribution in [0, 0.1) is 0 Å². The van der Waals surface area contributed by atoms with Crippen LogP contribution < -0.4 is 0 Å². The Morgan fingerprint density at radius 1 is 1.40 bits per heavy atom. The molecule has 0 saturated carbocycles. The largest absolute Gasteiger partial charge is 0.480 e. The smallest absolute Gasteiger partial charge is 0.322 e. The monoisotopic (exact) mass is 303 g/mol. The first-order chi connectivity index (χ1) is 9.38. The van der Waals surface area contributed by atoms with Gasteiger partial charge >= 0.3 is 5.97 Å². The van der Waals surface area contributed by atoms with Gasteiger partial charge in [0, 0.05) is 12.0 Å². The van der Waals surface area contributed by atoms with Crippen LogP contribution in [0.15, 0.2) is 35.5 Å². The Morgan fingerprint density at radius 2 is 2.10 bits per heavy atom. The standard InChI is InChI=1S/C13H18FNO4S/c1-2-3-6-11(14)8-10-20(18,19)15-9-5-4-7-12(15)13(16)17/h2-3,6,8,10,12H,4-5,7,9H2,1H3,(H,16,17)/b3-2-,10-8+,11-6+. The number of allylic oxidation sites excluding steroid dienone is 5. The lowest BCUT2D eigenvalue weighted by Gasteiger charge is -2.30. The van der Waals surface area contributed by atoms with E-state index in [2.05, 4.69) is 0 Å². The third kappa shape index (κ3) is 4.57. The Kier molecular flexibility index (Phi) is 6.09. The highest BCUT2D eigenvalue weighted by atomic mass is 32.2. The van der Waals surface area contributed by atoms with Gasteiger partial charge < -0.3 is 5.11 Å². The molecular formula is C13H18FNO4S. The maximum absolute atomic E-state index is 13.3. The van der Waals surface area contributed by atoms with Crippen molar-refractivity contribution < 1.29 is 22.7 Å². The number of halogens is 1. The maximum Gasteiger partial charge on any atom is 0.322 e. The summed E-state index contributed by atoms with van der Waals surface area (Å²) in [4.78, 5) is 11.1. The van der Waals surface area contributed by atoms with E-state index in [1.165, 1.54) is 6.08 Å². The van der Waals surface area contributed by atoms with Crippen molar-refractivity contribution in [2.24, 2.45) is 0 Å². The molecule has 20 heavy (non-hydrogen) atoms. The summed E-state index contributed by atoms with van der Waals surface area (Å²) in [5.41, 5.74) is 0. The van der Waals surface area contributed by atoms with Crippen LogP contribution in [0.4, 0.5) is 4.39 Å². The highest BCUT2D eigenvalue weighted by Crippen LogP contribution is 2.22. The van der Waals surface area contributed by atoms with E-state index in [0.29, 0.717) is 18.2 Å². The molecule has 0 aromatic carbocycles. The van der Waals surface area contributed by atoms with Crippen molar-refractivity contribution in [3.63, 3.8) is 0 Å². The molecule has 0 aliphatic carbocycles. The summed E-state index contributed by atoms with van der Waals surface area (Å²) in [6.07, 6.45) is 6.54. The summed E-state index contributed by atoms with van der Waals surface area (Å²) >= 11 is 0. The van der Waals surface area contributed by atoms with Gasteiger partial charge in [-0.05, 0) is 38.3 Å². The molecule has 0 spiro atoms. The molecule has 1 saturated heterocycles. The van der Waals surface area contributed by atoms with Gasteiger partial charge in [-0.25, -0.2) is 12.8 Å². The Labute approximate surface area is 118 Å². The average molecular weight is 303 g/mol. The van der Waals surface area contributed by atoms with E-state index in [1.54, 1.807) is 13.0 Å². The fourth-order valence-electron chi connectivity index (χ4n) is 1.93. The summed E-state index contributed by atoms with van der Waals surface area (Å²) in [5.74, 6) is -1.89. The minimum Gasteiger partial charge on any atom is -0.480 e. The van der Waals surface area contributed by atoms with Gasteiger partial charge in [0.2, 0.25) is 10.0 Å². The van der Waals surface area contributed by atoms with E-state index in [4.69, 9.17) is 5.11 Å². The average Bonchev–Trinajstić information content (AvgIpc) is 2.43. The van der Waals surface area contributed by atoms with E-state index in [-0.39, 0.29) is 13.0 Å². The molecule has 0 amide bonds. The van der Waals surface area contributed by atoms with Gasteiger partial charge in [0.05, 0.1) is 0 Å². The second-order valence-corrected chi connectivity index (χ2v) is 6.16. The highest BCUT2D eigenvalue weighted by molar-refractivity contribution is 7.92. The summed E-state index contributed by atoms with van der Waals surface area (Å²) in [5, 5.41) is 9.75. The number of hydrogen-bond acceptors (Lipinski definition) is 3. The second kappa shape index (κ2) is 7.35. The first-order valence-electron chi connectivity index (χ1n) is 6.29. The lowest BCUT2D eigenvalue weighted by Crippen LogP contribution is -2.47. The van der Waals surface area contributed by atoms with Crippen LogP contribution in [0.25, 0.3) is 0 Å². The zero-order valence-electron chi connectivity index (χ0n) is 11.2. The van der Waals surface area contributed by atoms with Gasteiger partial charge in [0.25, 0.3) is 0 Å². The van der Waals surface area contributed by atoms with Crippen LogP contribution in [0.1, 0.15) is 26.2 Å². The van der Waals surface area contributed by atoms with Crippen LogP contribution in [-0.2, 0) is 14.8 Å². The molecule has 0 bridgehead atoms. The predicted molar refractivity (Wildman–Crippen MR) is 74.0 cm³/mol. The number of piperidine rings is 1. The molecule has 1 N–H and O–H groups in total.